The molecular weight excluding hydrogens is 244 g/mol. The minimum atomic E-state index is 0.595. The van der Waals surface area contributed by atoms with Gasteiger partial charge >= 0.3 is 0 Å². The lowest BCUT2D eigenvalue weighted by Crippen LogP contribution is -2.58. The van der Waals surface area contributed by atoms with Gasteiger partial charge in [0, 0.05) is 31.2 Å². The third-order valence-corrected chi connectivity index (χ3v) is 4.57. The smallest absolute Gasteiger partial charge is 0.0236 e. The van der Waals surface area contributed by atoms with Gasteiger partial charge in [0.1, 0.15) is 0 Å². The summed E-state index contributed by atoms with van der Waals surface area (Å²) in [7, 11) is 0. The van der Waals surface area contributed by atoms with E-state index in [9.17, 15) is 0 Å². The second kappa shape index (κ2) is 7.80. The molecule has 1 aliphatic heterocycles. The first-order chi connectivity index (χ1) is 9.70. The van der Waals surface area contributed by atoms with Crippen molar-refractivity contribution in [2.24, 2.45) is 0 Å². The molecule has 112 valence electrons. The minimum Gasteiger partial charge on any atom is -0.311 e. The Morgan fingerprint density at radius 1 is 1.30 bits per heavy atom. The van der Waals surface area contributed by atoms with Gasteiger partial charge in [0.2, 0.25) is 0 Å². The third-order valence-electron chi connectivity index (χ3n) is 4.57. The summed E-state index contributed by atoms with van der Waals surface area (Å²) in [6.07, 6.45) is 5.13. The van der Waals surface area contributed by atoms with Crippen molar-refractivity contribution in [2.75, 3.05) is 13.1 Å². The number of rotatable bonds is 6. The van der Waals surface area contributed by atoms with E-state index in [0.29, 0.717) is 18.1 Å². The highest BCUT2D eigenvalue weighted by atomic mass is 15.2. The lowest BCUT2D eigenvalue weighted by atomic mass is 9.99. The van der Waals surface area contributed by atoms with Crippen molar-refractivity contribution in [1.29, 1.82) is 0 Å². The normalized spacial score (nSPS) is 25.6. The third kappa shape index (κ3) is 4.32. The van der Waals surface area contributed by atoms with Crippen LogP contribution < -0.4 is 5.32 Å². The van der Waals surface area contributed by atoms with Crippen LogP contribution in [0.25, 0.3) is 0 Å². The fourth-order valence-electron chi connectivity index (χ4n) is 3.27. The second-order valence-electron chi connectivity index (χ2n) is 6.33. The molecule has 0 saturated carbocycles. The lowest BCUT2D eigenvalue weighted by molar-refractivity contribution is 0.0930. The average molecular weight is 274 g/mol. The van der Waals surface area contributed by atoms with Gasteiger partial charge in [0.25, 0.3) is 0 Å². The molecule has 1 aliphatic rings. The summed E-state index contributed by atoms with van der Waals surface area (Å²) in [5.41, 5.74) is 1.45. The largest absolute Gasteiger partial charge is 0.311 e. The quantitative estimate of drug-likeness (QED) is 0.854. The molecule has 1 fully saturated rings. The summed E-state index contributed by atoms with van der Waals surface area (Å²) in [6, 6.07) is 12.8. The van der Waals surface area contributed by atoms with E-state index in [1.54, 1.807) is 0 Å². The first-order valence-corrected chi connectivity index (χ1v) is 8.23. The fourth-order valence-corrected chi connectivity index (χ4v) is 3.27. The van der Waals surface area contributed by atoms with E-state index in [1.165, 1.54) is 31.4 Å². The topological polar surface area (TPSA) is 15.3 Å². The molecule has 0 bridgehead atoms. The highest BCUT2D eigenvalue weighted by Crippen LogP contribution is 2.17. The highest BCUT2D eigenvalue weighted by Gasteiger charge is 2.27. The first-order valence-electron chi connectivity index (χ1n) is 8.23. The fraction of sp³-hybridized carbons (Fsp3) is 0.667. The van der Waals surface area contributed by atoms with Gasteiger partial charge in [0.05, 0.1) is 0 Å². The van der Waals surface area contributed by atoms with Gasteiger partial charge < -0.3 is 5.32 Å². The average Bonchev–Trinajstić information content (AvgIpc) is 2.48. The van der Waals surface area contributed by atoms with Crippen LogP contribution in [-0.2, 0) is 6.42 Å². The van der Waals surface area contributed by atoms with Gasteiger partial charge in [-0.05, 0) is 32.3 Å². The summed E-state index contributed by atoms with van der Waals surface area (Å²) in [5.74, 6) is 0. The zero-order chi connectivity index (χ0) is 14.4. The first kappa shape index (κ1) is 15.5. The molecule has 0 radical (unpaired) electrons. The molecule has 0 amide bonds. The van der Waals surface area contributed by atoms with E-state index in [0.717, 1.165) is 13.0 Å². The summed E-state index contributed by atoms with van der Waals surface area (Å²) in [6.45, 7) is 9.34. The van der Waals surface area contributed by atoms with Crippen molar-refractivity contribution in [2.45, 2.75) is 64.6 Å². The molecule has 3 unspecified atom stereocenters. The molecule has 2 nitrogen and oxygen atoms in total. The second-order valence-corrected chi connectivity index (χ2v) is 6.33. The van der Waals surface area contributed by atoms with Crippen molar-refractivity contribution in [1.82, 2.24) is 10.2 Å². The van der Waals surface area contributed by atoms with Crippen molar-refractivity contribution < 1.29 is 0 Å². The predicted molar refractivity (Wildman–Crippen MR) is 87.1 cm³/mol. The molecule has 1 N–H and O–H groups in total. The number of hydrogen-bond acceptors (Lipinski definition) is 2. The van der Waals surface area contributed by atoms with Crippen LogP contribution in [0.4, 0.5) is 0 Å². The maximum atomic E-state index is 3.72. The van der Waals surface area contributed by atoms with Crippen molar-refractivity contribution in [3.63, 3.8) is 0 Å². The van der Waals surface area contributed by atoms with E-state index in [-0.39, 0.29) is 0 Å². The summed E-state index contributed by atoms with van der Waals surface area (Å²) >= 11 is 0. The Balaban J connectivity index is 1.90. The number of unbranched alkanes of at least 4 members (excludes halogenated alkanes) is 1. The van der Waals surface area contributed by atoms with Crippen LogP contribution >= 0.6 is 0 Å². The standard InChI is InChI=1S/C18H30N2/c1-4-5-9-15(2)20-14-18(19-13-16(20)3)12-17-10-7-6-8-11-17/h6-8,10-11,15-16,18-19H,4-5,9,12-14H2,1-3H3. The van der Waals surface area contributed by atoms with E-state index in [2.05, 4.69) is 61.3 Å². The highest BCUT2D eigenvalue weighted by molar-refractivity contribution is 5.16. The number of nitrogens with one attached hydrogen (secondary N) is 1. The van der Waals surface area contributed by atoms with E-state index < -0.39 is 0 Å². The van der Waals surface area contributed by atoms with Gasteiger partial charge in [-0.25, -0.2) is 0 Å². The summed E-state index contributed by atoms with van der Waals surface area (Å²) in [4.78, 5) is 2.71. The van der Waals surface area contributed by atoms with Crippen LogP contribution in [-0.4, -0.2) is 36.1 Å². The van der Waals surface area contributed by atoms with Gasteiger partial charge in [-0.1, -0.05) is 50.1 Å². The lowest BCUT2D eigenvalue weighted by Gasteiger charge is -2.42. The van der Waals surface area contributed by atoms with Crippen molar-refractivity contribution >= 4 is 0 Å². The zero-order valence-corrected chi connectivity index (χ0v) is 13.3. The van der Waals surface area contributed by atoms with Gasteiger partial charge in [-0.2, -0.15) is 0 Å². The number of nitrogens with zero attached hydrogens (tertiary/aromatic N) is 1. The van der Waals surface area contributed by atoms with Crippen LogP contribution in [0, 0.1) is 0 Å². The molecular formula is C18H30N2. The Morgan fingerprint density at radius 2 is 2.05 bits per heavy atom. The Hall–Kier alpha value is -0.860. The Labute approximate surface area is 124 Å². The van der Waals surface area contributed by atoms with Crippen molar-refractivity contribution in [3.05, 3.63) is 35.9 Å². The Bertz CT molecular complexity index is 376. The van der Waals surface area contributed by atoms with Gasteiger partial charge in [-0.3, -0.25) is 4.90 Å². The molecule has 3 atom stereocenters. The van der Waals surface area contributed by atoms with Crippen LogP contribution in [0.15, 0.2) is 30.3 Å². The molecule has 20 heavy (non-hydrogen) atoms. The molecule has 2 heteroatoms. The van der Waals surface area contributed by atoms with Gasteiger partial charge in [-0.15, -0.1) is 0 Å². The molecule has 0 spiro atoms. The van der Waals surface area contributed by atoms with Crippen LogP contribution in [0.5, 0.6) is 0 Å². The van der Waals surface area contributed by atoms with Crippen LogP contribution in [0.1, 0.15) is 45.6 Å². The van der Waals surface area contributed by atoms with Crippen LogP contribution in [0.3, 0.4) is 0 Å². The summed E-state index contributed by atoms with van der Waals surface area (Å²) in [5, 5.41) is 3.72. The number of benzene rings is 1. The van der Waals surface area contributed by atoms with Crippen LogP contribution in [0.2, 0.25) is 0 Å². The van der Waals surface area contributed by atoms with E-state index >= 15 is 0 Å². The zero-order valence-electron chi connectivity index (χ0n) is 13.3. The number of piperazine rings is 1. The number of hydrogen-bond donors (Lipinski definition) is 1. The Kier molecular flexibility index (Phi) is 6.06. The molecule has 0 aromatic heterocycles. The van der Waals surface area contributed by atoms with E-state index in [1.807, 2.05) is 0 Å². The SMILES string of the molecule is CCCCC(C)N1CC(Cc2ccccc2)NCC1C. The molecule has 1 aromatic rings. The molecule has 2 rings (SSSR count). The monoisotopic (exact) mass is 274 g/mol. The maximum absolute atomic E-state index is 3.72. The Morgan fingerprint density at radius 3 is 2.75 bits per heavy atom. The van der Waals surface area contributed by atoms with Crippen molar-refractivity contribution in [3.8, 4) is 0 Å². The van der Waals surface area contributed by atoms with Gasteiger partial charge in [0.15, 0.2) is 0 Å². The molecule has 0 aliphatic carbocycles. The molecule has 1 aromatic carbocycles. The van der Waals surface area contributed by atoms with E-state index in [4.69, 9.17) is 0 Å². The predicted octanol–water partition coefficient (Wildman–Crippen LogP) is 3.47. The molecule has 1 saturated heterocycles. The minimum absolute atomic E-state index is 0.595. The summed E-state index contributed by atoms with van der Waals surface area (Å²) < 4.78 is 0. The maximum Gasteiger partial charge on any atom is 0.0236 e. The molecule has 1 heterocycles.